The molecule has 3 heteroatoms. The van der Waals surface area contributed by atoms with E-state index in [-0.39, 0.29) is 6.10 Å². The van der Waals surface area contributed by atoms with Gasteiger partial charge in [-0.25, -0.2) is 0 Å². The second-order valence-corrected chi connectivity index (χ2v) is 5.43. The summed E-state index contributed by atoms with van der Waals surface area (Å²) in [4.78, 5) is 0. The van der Waals surface area contributed by atoms with E-state index in [1.807, 2.05) is 26.0 Å². The number of nitrogens with one attached hydrogen (secondary N) is 1. The third-order valence-corrected chi connectivity index (χ3v) is 3.27. The van der Waals surface area contributed by atoms with Gasteiger partial charge >= 0.3 is 0 Å². The average Bonchev–Trinajstić information content (AvgIpc) is 2.41. The van der Waals surface area contributed by atoms with Crippen LogP contribution in [-0.2, 0) is 11.3 Å². The monoisotopic (exact) mass is 263 g/mol. The summed E-state index contributed by atoms with van der Waals surface area (Å²) in [6.45, 7) is 6.85. The zero-order valence-electron chi connectivity index (χ0n) is 12.0. The molecular formula is C16H25NO2. The maximum absolute atomic E-state index is 5.70. The first-order chi connectivity index (χ1) is 9.24. The highest BCUT2D eigenvalue weighted by molar-refractivity contribution is 5.27. The summed E-state index contributed by atoms with van der Waals surface area (Å²) in [5.41, 5.74) is 1.28. The zero-order chi connectivity index (χ0) is 13.5. The van der Waals surface area contributed by atoms with Gasteiger partial charge < -0.3 is 14.8 Å². The first kappa shape index (κ1) is 14.4. The number of hydrogen-bond acceptors (Lipinski definition) is 3. The van der Waals surface area contributed by atoms with Gasteiger partial charge in [-0.1, -0.05) is 12.1 Å². The summed E-state index contributed by atoms with van der Waals surface area (Å²) in [6, 6.07) is 8.31. The summed E-state index contributed by atoms with van der Waals surface area (Å²) in [5, 5.41) is 3.47. The molecule has 1 aromatic carbocycles. The van der Waals surface area contributed by atoms with Crippen molar-refractivity contribution >= 4 is 0 Å². The topological polar surface area (TPSA) is 30.5 Å². The predicted molar refractivity (Wildman–Crippen MR) is 77.5 cm³/mol. The fourth-order valence-corrected chi connectivity index (χ4v) is 2.30. The number of rotatable bonds is 6. The van der Waals surface area contributed by atoms with Gasteiger partial charge in [0, 0.05) is 19.7 Å². The Morgan fingerprint density at radius 3 is 2.68 bits per heavy atom. The smallest absolute Gasteiger partial charge is 0.119 e. The lowest BCUT2D eigenvalue weighted by Gasteiger charge is -2.22. The first-order valence-electron chi connectivity index (χ1n) is 7.32. The van der Waals surface area contributed by atoms with Crippen LogP contribution in [0, 0.1) is 0 Å². The normalized spacial score (nSPS) is 19.6. The predicted octanol–water partition coefficient (Wildman–Crippen LogP) is 3.13. The van der Waals surface area contributed by atoms with Crippen LogP contribution >= 0.6 is 0 Å². The van der Waals surface area contributed by atoms with Gasteiger partial charge in [0.15, 0.2) is 0 Å². The van der Waals surface area contributed by atoms with Gasteiger partial charge in [0.2, 0.25) is 0 Å². The van der Waals surface area contributed by atoms with Crippen LogP contribution in [0.1, 0.15) is 38.7 Å². The standard InChI is InChI=1S/C16H25NO2/c1-13(2)19-15-8-6-14(7-9-15)11-17-12-16-5-3-4-10-18-16/h6-9,13,16-17H,3-5,10-12H2,1-2H3. The zero-order valence-corrected chi connectivity index (χ0v) is 12.0. The molecule has 0 radical (unpaired) electrons. The maximum Gasteiger partial charge on any atom is 0.119 e. The van der Waals surface area contributed by atoms with Gasteiger partial charge in [-0.15, -0.1) is 0 Å². The SMILES string of the molecule is CC(C)Oc1ccc(CNCC2CCCCO2)cc1. The van der Waals surface area contributed by atoms with Crippen LogP contribution in [0.2, 0.25) is 0 Å². The molecule has 1 aliphatic rings. The van der Waals surface area contributed by atoms with E-state index < -0.39 is 0 Å². The van der Waals surface area contributed by atoms with Gasteiger partial charge in [-0.05, 0) is 50.8 Å². The summed E-state index contributed by atoms with van der Waals surface area (Å²) < 4.78 is 11.3. The lowest BCUT2D eigenvalue weighted by atomic mass is 10.1. The van der Waals surface area contributed by atoms with Crippen molar-refractivity contribution in [1.29, 1.82) is 0 Å². The molecule has 0 bridgehead atoms. The summed E-state index contributed by atoms with van der Waals surface area (Å²) in [7, 11) is 0. The highest BCUT2D eigenvalue weighted by atomic mass is 16.5. The minimum atomic E-state index is 0.229. The summed E-state index contributed by atoms with van der Waals surface area (Å²) >= 11 is 0. The largest absolute Gasteiger partial charge is 0.491 e. The number of ether oxygens (including phenoxy) is 2. The average molecular weight is 263 g/mol. The Morgan fingerprint density at radius 1 is 1.26 bits per heavy atom. The lowest BCUT2D eigenvalue weighted by Crippen LogP contribution is -2.31. The van der Waals surface area contributed by atoms with E-state index in [4.69, 9.17) is 9.47 Å². The fraction of sp³-hybridized carbons (Fsp3) is 0.625. The van der Waals surface area contributed by atoms with Gasteiger partial charge in [0.1, 0.15) is 5.75 Å². The molecule has 1 atom stereocenters. The van der Waals surface area contributed by atoms with Crippen molar-refractivity contribution in [1.82, 2.24) is 5.32 Å². The molecule has 1 heterocycles. The second-order valence-electron chi connectivity index (χ2n) is 5.43. The van der Waals surface area contributed by atoms with Crippen molar-refractivity contribution in [2.45, 2.75) is 51.9 Å². The minimum Gasteiger partial charge on any atom is -0.491 e. The summed E-state index contributed by atoms with van der Waals surface area (Å²) in [5.74, 6) is 0.939. The fourth-order valence-electron chi connectivity index (χ4n) is 2.30. The Morgan fingerprint density at radius 2 is 2.05 bits per heavy atom. The quantitative estimate of drug-likeness (QED) is 0.855. The van der Waals surface area contributed by atoms with Crippen LogP contribution in [0.5, 0.6) is 5.75 Å². The molecule has 0 aliphatic carbocycles. The van der Waals surface area contributed by atoms with E-state index in [2.05, 4.69) is 17.4 Å². The van der Waals surface area contributed by atoms with Crippen molar-refractivity contribution < 1.29 is 9.47 Å². The molecule has 0 amide bonds. The van der Waals surface area contributed by atoms with Crippen LogP contribution in [0.25, 0.3) is 0 Å². The highest BCUT2D eigenvalue weighted by Gasteiger charge is 2.12. The molecule has 1 fully saturated rings. The molecule has 1 N–H and O–H groups in total. The number of benzene rings is 1. The van der Waals surface area contributed by atoms with Crippen LogP contribution in [0.4, 0.5) is 0 Å². The summed E-state index contributed by atoms with van der Waals surface area (Å²) in [6.07, 6.45) is 4.33. The Balaban J connectivity index is 1.70. The third kappa shape index (κ3) is 5.21. The van der Waals surface area contributed by atoms with E-state index in [1.165, 1.54) is 24.8 Å². The van der Waals surface area contributed by atoms with Crippen LogP contribution in [-0.4, -0.2) is 25.4 Å². The lowest BCUT2D eigenvalue weighted by molar-refractivity contribution is 0.0168. The van der Waals surface area contributed by atoms with Crippen LogP contribution in [0.3, 0.4) is 0 Å². The molecule has 3 nitrogen and oxygen atoms in total. The molecular weight excluding hydrogens is 238 g/mol. The third-order valence-electron chi connectivity index (χ3n) is 3.27. The van der Waals surface area contributed by atoms with Crippen molar-refractivity contribution in [3.8, 4) is 5.75 Å². The highest BCUT2D eigenvalue weighted by Crippen LogP contribution is 2.14. The molecule has 0 saturated carbocycles. The van der Waals surface area contributed by atoms with E-state index in [0.29, 0.717) is 6.10 Å². The molecule has 1 aromatic rings. The van der Waals surface area contributed by atoms with Crippen LogP contribution in [0.15, 0.2) is 24.3 Å². The van der Waals surface area contributed by atoms with Gasteiger partial charge in [0.25, 0.3) is 0 Å². The molecule has 0 spiro atoms. The molecule has 106 valence electrons. The maximum atomic E-state index is 5.70. The van der Waals surface area contributed by atoms with Crippen LogP contribution < -0.4 is 10.1 Å². The second kappa shape index (κ2) is 7.51. The number of hydrogen-bond donors (Lipinski definition) is 1. The Bertz CT molecular complexity index is 356. The van der Waals surface area contributed by atoms with Gasteiger partial charge in [-0.2, -0.15) is 0 Å². The van der Waals surface area contributed by atoms with Gasteiger partial charge in [-0.3, -0.25) is 0 Å². The molecule has 1 aliphatic heterocycles. The minimum absolute atomic E-state index is 0.229. The molecule has 1 unspecified atom stereocenters. The Kier molecular flexibility index (Phi) is 5.67. The molecule has 19 heavy (non-hydrogen) atoms. The van der Waals surface area contributed by atoms with Crippen molar-refractivity contribution in [3.63, 3.8) is 0 Å². The molecule has 1 saturated heterocycles. The van der Waals surface area contributed by atoms with Crippen molar-refractivity contribution in [2.24, 2.45) is 0 Å². The molecule has 2 rings (SSSR count). The van der Waals surface area contributed by atoms with Gasteiger partial charge in [0.05, 0.1) is 12.2 Å². The Labute approximate surface area is 116 Å². The van der Waals surface area contributed by atoms with E-state index in [0.717, 1.165) is 25.4 Å². The van der Waals surface area contributed by atoms with E-state index in [9.17, 15) is 0 Å². The van der Waals surface area contributed by atoms with E-state index >= 15 is 0 Å². The molecule has 0 aromatic heterocycles. The van der Waals surface area contributed by atoms with Crippen molar-refractivity contribution in [3.05, 3.63) is 29.8 Å². The van der Waals surface area contributed by atoms with Crippen molar-refractivity contribution in [2.75, 3.05) is 13.2 Å². The Hall–Kier alpha value is -1.06. The first-order valence-corrected chi connectivity index (χ1v) is 7.32. The van der Waals surface area contributed by atoms with E-state index in [1.54, 1.807) is 0 Å².